The number of hydrogen-bond donors (Lipinski definition) is 1. The molecule has 1 aliphatic heterocycles. The predicted octanol–water partition coefficient (Wildman–Crippen LogP) is 3.57. The van der Waals surface area contributed by atoms with Gasteiger partial charge in [-0.05, 0) is 29.7 Å². The summed E-state index contributed by atoms with van der Waals surface area (Å²) in [5.74, 6) is 0.0899. The minimum Gasteiger partial charge on any atom is -0.379 e. The maximum absolute atomic E-state index is 12.6. The van der Waals surface area contributed by atoms with E-state index in [0.717, 1.165) is 49.3 Å². The molecule has 1 fully saturated rings. The van der Waals surface area contributed by atoms with Crippen LogP contribution in [0.4, 0.5) is 0 Å². The Morgan fingerprint density at radius 3 is 2.62 bits per heavy atom. The van der Waals surface area contributed by atoms with E-state index in [1.54, 1.807) is 0 Å². The van der Waals surface area contributed by atoms with Crippen molar-refractivity contribution >= 4 is 21.8 Å². The molecule has 0 bridgehead atoms. The van der Waals surface area contributed by atoms with Gasteiger partial charge in [0.25, 0.3) is 0 Å². The molecule has 4 nitrogen and oxygen atoms in total. The van der Waals surface area contributed by atoms with Crippen LogP contribution in [0.15, 0.2) is 59.1 Å². The van der Waals surface area contributed by atoms with Gasteiger partial charge in [0.2, 0.25) is 5.91 Å². The number of ether oxygens (including phenoxy) is 1. The first kappa shape index (κ1) is 19.1. The number of carbonyl (C=O) groups is 1. The fraction of sp³-hybridized carbons (Fsp3) is 0.381. The van der Waals surface area contributed by atoms with Crippen LogP contribution in [0.1, 0.15) is 23.6 Å². The van der Waals surface area contributed by atoms with Crippen molar-refractivity contribution in [1.82, 2.24) is 10.2 Å². The van der Waals surface area contributed by atoms with Gasteiger partial charge in [0.1, 0.15) is 0 Å². The van der Waals surface area contributed by atoms with Crippen molar-refractivity contribution in [2.75, 3.05) is 32.8 Å². The topological polar surface area (TPSA) is 41.6 Å². The van der Waals surface area contributed by atoms with Crippen LogP contribution >= 0.6 is 15.9 Å². The van der Waals surface area contributed by atoms with Crippen molar-refractivity contribution in [3.05, 3.63) is 70.2 Å². The molecule has 138 valence electrons. The zero-order valence-corrected chi connectivity index (χ0v) is 16.5. The largest absolute Gasteiger partial charge is 0.379 e. The number of benzene rings is 2. The van der Waals surface area contributed by atoms with Gasteiger partial charge in [-0.3, -0.25) is 9.69 Å². The lowest BCUT2D eigenvalue weighted by Gasteiger charge is -2.31. The van der Waals surface area contributed by atoms with E-state index in [-0.39, 0.29) is 11.9 Å². The van der Waals surface area contributed by atoms with Crippen LogP contribution in [-0.2, 0) is 16.0 Å². The Bertz CT molecular complexity index is 702. The lowest BCUT2D eigenvalue weighted by Crippen LogP contribution is -2.43. The van der Waals surface area contributed by atoms with Crippen molar-refractivity contribution in [2.24, 2.45) is 0 Å². The Hall–Kier alpha value is -1.69. The molecule has 2 aromatic carbocycles. The van der Waals surface area contributed by atoms with Gasteiger partial charge in [0.05, 0.1) is 19.3 Å². The first-order valence-electron chi connectivity index (χ1n) is 9.09. The number of amides is 1. The maximum atomic E-state index is 12.6. The van der Waals surface area contributed by atoms with E-state index in [4.69, 9.17) is 4.74 Å². The molecule has 0 spiro atoms. The van der Waals surface area contributed by atoms with E-state index in [0.29, 0.717) is 6.42 Å². The van der Waals surface area contributed by atoms with Crippen LogP contribution in [-0.4, -0.2) is 43.7 Å². The van der Waals surface area contributed by atoms with E-state index in [9.17, 15) is 4.79 Å². The highest BCUT2D eigenvalue weighted by atomic mass is 79.9. The second kappa shape index (κ2) is 9.86. The molecule has 1 heterocycles. The molecule has 0 aliphatic carbocycles. The van der Waals surface area contributed by atoms with E-state index in [2.05, 4.69) is 50.4 Å². The molecule has 0 unspecified atom stereocenters. The molecule has 1 atom stereocenters. The maximum Gasteiger partial charge on any atom is 0.220 e. The summed E-state index contributed by atoms with van der Waals surface area (Å²) in [6, 6.07) is 18.3. The summed E-state index contributed by atoms with van der Waals surface area (Å²) in [6.45, 7) is 4.17. The molecule has 1 saturated heterocycles. The average molecular weight is 417 g/mol. The number of carbonyl (C=O) groups excluding carboxylic acids is 1. The molecule has 26 heavy (non-hydrogen) atoms. The van der Waals surface area contributed by atoms with Crippen molar-refractivity contribution < 1.29 is 9.53 Å². The van der Waals surface area contributed by atoms with Crippen molar-refractivity contribution in [3.63, 3.8) is 0 Å². The Morgan fingerprint density at radius 1 is 1.12 bits per heavy atom. The zero-order chi connectivity index (χ0) is 18.2. The molecular formula is C21H25BrN2O2. The highest BCUT2D eigenvalue weighted by Gasteiger charge is 2.20. The molecular weight excluding hydrogens is 392 g/mol. The Morgan fingerprint density at radius 2 is 1.88 bits per heavy atom. The summed E-state index contributed by atoms with van der Waals surface area (Å²) in [5, 5.41) is 3.23. The van der Waals surface area contributed by atoms with Crippen molar-refractivity contribution in [1.29, 1.82) is 0 Å². The molecule has 1 N–H and O–H groups in total. The van der Waals surface area contributed by atoms with E-state index in [1.165, 1.54) is 5.56 Å². The molecule has 3 rings (SSSR count). The van der Waals surface area contributed by atoms with Crippen molar-refractivity contribution in [2.45, 2.75) is 18.9 Å². The number of halogens is 1. The van der Waals surface area contributed by atoms with Crippen molar-refractivity contribution in [3.8, 4) is 0 Å². The summed E-state index contributed by atoms with van der Waals surface area (Å²) in [7, 11) is 0. The minimum absolute atomic E-state index is 0.00399. The third-order valence-electron chi connectivity index (χ3n) is 4.61. The summed E-state index contributed by atoms with van der Waals surface area (Å²) >= 11 is 3.48. The van der Waals surface area contributed by atoms with Gasteiger partial charge in [-0.25, -0.2) is 0 Å². The van der Waals surface area contributed by atoms with Crippen LogP contribution < -0.4 is 5.32 Å². The molecule has 1 amide bonds. The smallest absolute Gasteiger partial charge is 0.220 e. The summed E-state index contributed by atoms with van der Waals surface area (Å²) in [4.78, 5) is 14.9. The quantitative estimate of drug-likeness (QED) is 0.749. The fourth-order valence-corrected chi connectivity index (χ4v) is 3.63. The second-order valence-corrected chi connectivity index (χ2v) is 7.49. The van der Waals surface area contributed by atoms with Gasteiger partial charge in [0, 0.05) is 30.5 Å². The third kappa shape index (κ3) is 5.94. The Balaban J connectivity index is 1.59. The fourth-order valence-electron chi connectivity index (χ4n) is 3.18. The first-order valence-corrected chi connectivity index (χ1v) is 9.89. The summed E-state index contributed by atoms with van der Waals surface area (Å²) in [5.41, 5.74) is 2.31. The Kier molecular flexibility index (Phi) is 7.23. The predicted molar refractivity (Wildman–Crippen MR) is 107 cm³/mol. The SMILES string of the molecule is O=C(CCc1cccc(Br)c1)N[C@H](CN1CCOCC1)c1ccccc1. The number of nitrogens with one attached hydrogen (secondary N) is 1. The normalized spacial score (nSPS) is 16.2. The molecule has 0 saturated carbocycles. The van der Waals surface area contributed by atoms with Gasteiger partial charge in [-0.1, -0.05) is 58.4 Å². The lowest BCUT2D eigenvalue weighted by atomic mass is 10.0. The van der Waals surface area contributed by atoms with Gasteiger partial charge >= 0.3 is 0 Å². The molecule has 2 aromatic rings. The number of aryl methyl sites for hydroxylation is 1. The van der Waals surface area contributed by atoms with Crippen LogP contribution in [0.3, 0.4) is 0 Å². The monoisotopic (exact) mass is 416 g/mol. The first-order chi connectivity index (χ1) is 12.7. The number of hydrogen-bond acceptors (Lipinski definition) is 3. The van der Waals surface area contributed by atoms with Gasteiger partial charge in [-0.15, -0.1) is 0 Å². The highest BCUT2D eigenvalue weighted by molar-refractivity contribution is 9.10. The number of rotatable bonds is 7. The third-order valence-corrected chi connectivity index (χ3v) is 5.10. The van der Waals surface area contributed by atoms with Gasteiger partial charge in [0.15, 0.2) is 0 Å². The molecule has 5 heteroatoms. The van der Waals surface area contributed by atoms with Crippen LogP contribution in [0.5, 0.6) is 0 Å². The molecule has 1 aliphatic rings. The molecule has 0 radical (unpaired) electrons. The highest BCUT2D eigenvalue weighted by Crippen LogP contribution is 2.17. The van der Waals surface area contributed by atoms with E-state index >= 15 is 0 Å². The van der Waals surface area contributed by atoms with Gasteiger partial charge < -0.3 is 10.1 Å². The summed E-state index contributed by atoms with van der Waals surface area (Å²) < 4.78 is 6.48. The van der Waals surface area contributed by atoms with Crippen LogP contribution in [0, 0.1) is 0 Å². The number of morpholine rings is 1. The zero-order valence-electron chi connectivity index (χ0n) is 14.9. The second-order valence-electron chi connectivity index (χ2n) is 6.57. The lowest BCUT2D eigenvalue weighted by molar-refractivity contribution is -0.122. The summed E-state index contributed by atoms with van der Waals surface area (Å²) in [6.07, 6.45) is 1.23. The van der Waals surface area contributed by atoms with E-state index < -0.39 is 0 Å². The van der Waals surface area contributed by atoms with Crippen LogP contribution in [0.25, 0.3) is 0 Å². The van der Waals surface area contributed by atoms with Gasteiger partial charge in [-0.2, -0.15) is 0 Å². The average Bonchev–Trinajstić information content (AvgIpc) is 2.67. The standard InChI is InChI=1S/C21H25BrN2O2/c22-19-8-4-5-17(15-19)9-10-21(25)23-20(18-6-2-1-3-7-18)16-24-11-13-26-14-12-24/h1-8,15,20H,9-14,16H2,(H,23,25)/t20-/m1/s1. The van der Waals surface area contributed by atoms with E-state index in [1.807, 2.05) is 30.3 Å². The van der Waals surface area contributed by atoms with Crippen LogP contribution in [0.2, 0.25) is 0 Å². The Labute approximate surface area is 163 Å². The number of nitrogens with zero attached hydrogens (tertiary/aromatic N) is 1. The molecule has 0 aromatic heterocycles. The minimum atomic E-state index is 0.00399.